The van der Waals surface area contributed by atoms with Gasteiger partial charge in [-0.2, -0.15) is 0 Å². The van der Waals surface area contributed by atoms with E-state index in [0.29, 0.717) is 16.8 Å². The number of aromatic nitrogens is 1. The van der Waals surface area contributed by atoms with E-state index in [1.807, 2.05) is 0 Å². The number of phenols is 1. The second-order valence-electron chi connectivity index (χ2n) is 5.47. The first-order valence-electron chi connectivity index (χ1n) is 7.96. The van der Waals surface area contributed by atoms with Crippen LogP contribution in [0, 0.1) is 5.41 Å². The molecule has 0 saturated heterocycles. The molecule has 0 aliphatic carbocycles. The molecule has 6 N–H and O–H groups in total. The van der Waals surface area contributed by atoms with Gasteiger partial charge in [0.2, 0.25) is 5.91 Å². The number of hydrogen-bond donors (Lipinski definition) is 6. The molecular formula is C19H20N4O4. The van der Waals surface area contributed by atoms with Crippen LogP contribution in [0.15, 0.2) is 48.9 Å². The molecule has 1 amide bonds. The third-order valence-corrected chi connectivity index (χ3v) is 3.61. The molecule has 2 rings (SSSR count). The van der Waals surface area contributed by atoms with Gasteiger partial charge in [-0.1, -0.05) is 0 Å². The summed E-state index contributed by atoms with van der Waals surface area (Å²) in [5.74, 6) is -0.739. The number of aromatic hydroxyl groups is 1. The van der Waals surface area contributed by atoms with Crippen molar-refractivity contribution in [1.82, 2.24) is 10.3 Å². The summed E-state index contributed by atoms with van der Waals surface area (Å²) >= 11 is 0. The third kappa shape index (κ3) is 5.24. The zero-order chi connectivity index (χ0) is 19.8. The summed E-state index contributed by atoms with van der Waals surface area (Å²) in [6.45, 7) is 0. The highest BCUT2D eigenvalue weighted by molar-refractivity contribution is 6.10. The fraction of sp³-hybridized carbons (Fsp3) is 0.105. The van der Waals surface area contributed by atoms with Crippen molar-refractivity contribution >= 4 is 29.5 Å². The molecule has 8 nitrogen and oxygen atoms in total. The Bertz CT molecular complexity index is 891. The Morgan fingerprint density at radius 1 is 1.30 bits per heavy atom. The van der Waals surface area contributed by atoms with Crippen molar-refractivity contribution in [2.24, 2.45) is 0 Å². The van der Waals surface area contributed by atoms with Gasteiger partial charge in [-0.15, -0.1) is 0 Å². The third-order valence-electron chi connectivity index (χ3n) is 3.61. The van der Waals surface area contributed by atoms with Gasteiger partial charge in [0.05, 0.1) is 5.56 Å². The summed E-state index contributed by atoms with van der Waals surface area (Å²) in [6, 6.07) is 5.70. The molecule has 27 heavy (non-hydrogen) atoms. The van der Waals surface area contributed by atoms with Crippen molar-refractivity contribution in [3.8, 4) is 5.75 Å². The second-order valence-corrected chi connectivity index (χ2v) is 5.47. The number of carbonyl (C=O) groups excluding carboxylic acids is 1. The largest absolute Gasteiger partial charge is 0.507 e. The van der Waals surface area contributed by atoms with Crippen LogP contribution in [-0.4, -0.2) is 39.5 Å². The van der Waals surface area contributed by atoms with Crippen LogP contribution >= 0.6 is 0 Å². The molecule has 140 valence electrons. The Kier molecular flexibility index (Phi) is 6.81. The molecule has 0 aliphatic rings. The number of allylic oxidation sites excluding steroid dienone is 1. The van der Waals surface area contributed by atoms with Crippen molar-refractivity contribution in [2.45, 2.75) is 6.29 Å². The first-order valence-corrected chi connectivity index (χ1v) is 7.96. The average Bonchev–Trinajstić information content (AvgIpc) is 2.66. The molecule has 0 saturated carbocycles. The topological polar surface area (TPSA) is 139 Å². The predicted octanol–water partition coefficient (Wildman–Crippen LogP) is 1.63. The Hall–Kier alpha value is -3.49. The molecule has 0 fully saturated rings. The normalized spacial score (nSPS) is 11.6. The molecular weight excluding hydrogens is 348 g/mol. The van der Waals surface area contributed by atoms with E-state index in [-0.39, 0.29) is 11.3 Å². The fourth-order valence-corrected chi connectivity index (χ4v) is 2.34. The number of hydrogen-bond acceptors (Lipinski definition) is 7. The van der Waals surface area contributed by atoms with E-state index in [2.05, 4.69) is 15.6 Å². The van der Waals surface area contributed by atoms with Gasteiger partial charge in [-0.05, 0) is 35.9 Å². The van der Waals surface area contributed by atoms with Gasteiger partial charge in [0.15, 0.2) is 6.29 Å². The summed E-state index contributed by atoms with van der Waals surface area (Å²) in [4.78, 5) is 16.2. The van der Waals surface area contributed by atoms with Gasteiger partial charge in [0.25, 0.3) is 0 Å². The maximum Gasteiger partial charge on any atom is 0.248 e. The van der Waals surface area contributed by atoms with Gasteiger partial charge in [-0.3, -0.25) is 9.78 Å². The highest BCUT2D eigenvalue weighted by atomic mass is 16.5. The van der Waals surface area contributed by atoms with Crippen molar-refractivity contribution < 1.29 is 20.1 Å². The number of carbonyl (C=O) groups is 1. The summed E-state index contributed by atoms with van der Waals surface area (Å²) in [7, 11) is 1.73. The molecule has 0 atom stereocenters. The fourth-order valence-electron chi connectivity index (χ4n) is 2.34. The number of amides is 1. The van der Waals surface area contributed by atoms with Crippen molar-refractivity contribution in [1.29, 1.82) is 5.41 Å². The zero-order valence-corrected chi connectivity index (χ0v) is 14.5. The van der Waals surface area contributed by atoms with Crippen LogP contribution in [0.1, 0.15) is 23.0 Å². The summed E-state index contributed by atoms with van der Waals surface area (Å²) in [6.07, 6.45) is 7.04. The highest BCUT2D eigenvalue weighted by Gasteiger charge is 2.10. The minimum atomic E-state index is -1.85. The van der Waals surface area contributed by atoms with Gasteiger partial charge < -0.3 is 31.4 Å². The number of phenolic OH excluding ortho intramolecular Hbond substituents is 1. The van der Waals surface area contributed by atoms with Crippen LogP contribution < -0.4 is 10.6 Å². The maximum absolute atomic E-state index is 12.2. The van der Waals surface area contributed by atoms with Crippen LogP contribution in [0.25, 0.3) is 11.6 Å². The molecule has 0 aliphatic heterocycles. The van der Waals surface area contributed by atoms with Gasteiger partial charge in [0.1, 0.15) is 5.75 Å². The number of nitrogens with one attached hydrogen (secondary N) is 3. The molecule has 2 aromatic rings. The standard InChI is InChI=1S/C19H20N4O4/c1-21-10-13(9-20)15-6-7-22-11-12(15)2-5-18(25)23-14-3-4-17(24)16(8-14)19(26)27/h2-11,19-21,24,26-27H,1H3,(H,23,25)/b5-2+,13-10+,20-9?. The number of aliphatic hydroxyl groups excluding tert-OH is 1. The number of pyridine rings is 1. The number of benzene rings is 1. The van der Waals surface area contributed by atoms with E-state index in [1.165, 1.54) is 30.5 Å². The van der Waals surface area contributed by atoms with Crippen molar-refractivity contribution in [3.05, 3.63) is 65.6 Å². The molecule has 1 aromatic heterocycles. The summed E-state index contributed by atoms with van der Waals surface area (Å²) < 4.78 is 0. The smallest absolute Gasteiger partial charge is 0.248 e. The molecule has 0 unspecified atom stereocenters. The summed E-state index contributed by atoms with van der Waals surface area (Å²) in [5.41, 5.74) is 2.19. The van der Waals surface area contributed by atoms with Gasteiger partial charge in [0, 0.05) is 54.8 Å². The lowest BCUT2D eigenvalue weighted by Crippen LogP contribution is -2.08. The number of aliphatic hydroxyl groups is 2. The average molecular weight is 368 g/mol. The van der Waals surface area contributed by atoms with E-state index < -0.39 is 12.2 Å². The van der Waals surface area contributed by atoms with Gasteiger partial charge >= 0.3 is 0 Å². The first kappa shape index (κ1) is 19.8. The highest BCUT2D eigenvalue weighted by Crippen LogP contribution is 2.26. The van der Waals surface area contributed by atoms with Crippen LogP contribution in [0.4, 0.5) is 5.69 Å². The SMILES string of the molecule is CN/C=C(\C=N)c1ccncc1/C=C/C(=O)Nc1ccc(O)c(C(O)O)c1. The second kappa shape index (κ2) is 9.27. The van der Waals surface area contributed by atoms with E-state index >= 15 is 0 Å². The van der Waals surface area contributed by atoms with Crippen LogP contribution in [-0.2, 0) is 4.79 Å². The van der Waals surface area contributed by atoms with E-state index in [9.17, 15) is 20.1 Å². The minimum absolute atomic E-state index is 0.112. The number of anilines is 1. The molecule has 1 aromatic carbocycles. The van der Waals surface area contributed by atoms with Crippen LogP contribution in [0.5, 0.6) is 5.75 Å². The lowest BCUT2D eigenvalue weighted by molar-refractivity contribution is -0.111. The Morgan fingerprint density at radius 2 is 2.07 bits per heavy atom. The lowest BCUT2D eigenvalue weighted by atomic mass is 10.0. The Labute approximate surface area is 156 Å². The van der Waals surface area contributed by atoms with E-state index in [0.717, 1.165) is 5.56 Å². The van der Waals surface area contributed by atoms with E-state index in [1.54, 1.807) is 37.8 Å². The zero-order valence-electron chi connectivity index (χ0n) is 14.5. The molecule has 0 bridgehead atoms. The Balaban J connectivity index is 2.20. The molecule has 0 spiro atoms. The first-order chi connectivity index (χ1) is 13.0. The Morgan fingerprint density at radius 3 is 2.74 bits per heavy atom. The lowest BCUT2D eigenvalue weighted by Gasteiger charge is -2.09. The number of rotatable bonds is 7. The predicted molar refractivity (Wildman–Crippen MR) is 103 cm³/mol. The van der Waals surface area contributed by atoms with Crippen LogP contribution in [0.3, 0.4) is 0 Å². The molecule has 1 heterocycles. The van der Waals surface area contributed by atoms with Crippen molar-refractivity contribution in [3.63, 3.8) is 0 Å². The maximum atomic E-state index is 12.2. The quantitative estimate of drug-likeness (QED) is 0.190. The van der Waals surface area contributed by atoms with E-state index in [4.69, 9.17) is 5.41 Å². The summed E-state index contributed by atoms with van der Waals surface area (Å²) in [5, 5.41) is 40.9. The monoisotopic (exact) mass is 368 g/mol. The minimum Gasteiger partial charge on any atom is -0.507 e. The molecule has 0 radical (unpaired) electrons. The van der Waals surface area contributed by atoms with Crippen LogP contribution in [0.2, 0.25) is 0 Å². The van der Waals surface area contributed by atoms with Gasteiger partial charge in [-0.25, -0.2) is 0 Å². The molecule has 8 heteroatoms. The van der Waals surface area contributed by atoms with Crippen molar-refractivity contribution in [2.75, 3.05) is 12.4 Å². The number of nitrogens with zero attached hydrogens (tertiary/aromatic N) is 1.